The number of nitrogens with zero attached hydrogens (tertiary/aromatic N) is 7. The lowest BCUT2D eigenvalue weighted by Crippen LogP contribution is -2.43. The smallest absolute Gasteiger partial charge is 0.325 e. The van der Waals surface area contributed by atoms with Crippen LogP contribution in [0.4, 0.5) is 4.79 Å². The first kappa shape index (κ1) is 24.5. The molecule has 1 aromatic carbocycles. The molecule has 1 aromatic heterocycles. The molecule has 1 N–H and O–H groups in total. The highest BCUT2D eigenvalue weighted by molar-refractivity contribution is 6.30. The van der Waals surface area contributed by atoms with Crippen molar-refractivity contribution in [3.05, 3.63) is 58.9 Å². The fraction of sp³-hybridized carbons (Fsp3) is 0.400. The van der Waals surface area contributed by atoms with Gasteiger partial charge in [0.15, 0.2) is 0 Å². The minimum Gasteiger partial charge on any atom is -0.325 e. The molecule has 4 rings (SSSR count). The largest absolute Gasteiger partial charge is 0.325 e. The van der Waals surface area contributed by atoms with Crippen LogP contribution in [0.25, 0.3) is 5.69 Å². The Kier molecular flexibility index (Phi) is 6.68. The molecule has 2 heterocycles. The fourth-order valence-electron chi connectivity index (χ4n) is 4.28. The number of halogens is 1. The van der Waals surface area contributed by atoms with Crippen LogP contribution in [0.3, 0.4) is 0 Å². The first-order chi connectivity index (χ1) is 16.7. The predicted octanol–water partition coefficient (Wildman–Crippen LogP) is 4.29. The van der Waals surface area contributed by atoms with Crippen molar-refractivity contribution in [2.75, 3.05) is 13.6 Å². The molecule has 10 heteroatoms. The minimum atomic E-state index is -0.520. The van der Waals surface area contributed by atoms with E-state index >= 15 is 0 Å². The normalized spacial score (nSPS) is 19.8. The van der Waals surface area contributed by atoms with Crippen LogP contribution in [0, 0.1) is 17.2 Å². The van der Waals surface area contributed by atoms with E-state index in [0.717, 1.165) is 24.2 Å². The van der Waals surface area contributed by atoms with Gasteiger partial charge in [0.2, 0.25) is 5.96 Å². The molecular formula is C25H29ClN8O. The van der Waals surface area contributed by atoms with Crippen LogP contribution >= 0.6 is 11.6 Å². The van der Waals surface area contributed by atoms with Crippen LogP contribution in [0.5, 0.6) is 0 Å². The molecule has 0 unspecified atom stereocenters. The quantitative estimate of drug-likeness (QED) is 0.480. The monoisotopic (exact) mass is 492 g/mol. The summed E-state index contributed by atoms with van der Waals surface area (Å²) in [5.41, 5.74) is 1.50. The van der Waals surface area contributed by atoms with Crippen molar-refractivity contribution in [3.63, 3.8) is 0 Å². The number of hydrogen-bond acceptors (Lipinski definition) is 4. The highest BCUT2D eigenvalue weighted by Crippen LogP contribution is 2.49. The van der Waals surface area contributed by atoms with Crippen LogP contribution in [-0.4, -0.2) is 57.7 Å². The molecule has 182 valence electrons. The maximum atomic E-state index is 12.9. The molecule has 0 spiro atoms. The van der Waals surface area contributed by atoms with Gasteiger partial charge < -0.3 is 14.8 Å². The minimum absolute atomic E-state index is 0.0406. The summed E-state index contributed by atoms with van der Waals surface area (Å²) in [7, 11) is 1.81. The molecule has 2 fully saturated rings. The molecule has 2 aromatic rings. The lowest BCUT2D eigenvalue weighted by Gasteiger charge is -2.28. The Bertz CT molecular complexity index is 1250. The number of allylic oxidation sites excluding steroid dienone is 1. The maximum absolute atomic E-state index is 12.9. The van der Waals surface area contributed by atoms with Gasteiger partial charge in [0.25, 0.3) is 0 Å². The summed E-state index contributed by atoms with van der Waals surface area (Å²) in [4.78, 5) is 29.9. The average molecular weight is 493 g/mol. The fourth-order valence-corrected chi connectivity index (χ4v) is 4.51. The van der Waals surface area contributed by atoms with Crippen LogP contribution in [0.1, 0.15) is 44.9 Å². The van der Waals surface area contributed by atoms with Crippen LogP contribution in [0.15, 0.2) is 52.6 Å². The molecule has 0 bridgehead atoms. The Morgan fingerprint density at radius 2 is 2.14 bits per heavy atom. The van der Waals surface area contributed by atoms with Gasteiger partial charge in [-0.15, -0.1) is 0 Å². The van der Waals surface area contributed by atoms with E-state index in [-0.39, 0.29) is 18.0 Å². The second-order valence-corrected chi connectivity index (χ2v) is 9.68. The predicted molar refractivity (Wildman–Crippen MR) is 137 cm³/mol. The number of urea groups is 1. The Labute approximate surface area is 210 Å². The summed E-state index contributed by atoms with van der Waals surface area (Å²) < 4.78 is 1.83. The van der Waals surface area contributed by atoms with E-state index in [4.69, 9.17) is 16.6 Å². The number of carbonyl (C=O) groups excluding carboxylic acids is 1. The van der Waals surface area contributed by atoms with Crippen LogP contribution < -0.4 is 5.32 Å². The van der Waals surface area contributed by atoms with Gasteiger partial charge in [-0.2, -0.15) is 5.26 Å². The van der Waals surface area contributed by atoms with Crippen molar-refractivity contribution in [3.8, 4) is 11.8 Å². The SMILES string of the molecule is C=NC(=NC1(c2cn(-c3cc(Cl)cc(C#N)c3)cn2)CC1)N/C(=C\C)N1C(=O)N(C)C[C@@H]1C(C)C. The van der Waals surface area contributed by atoms with E-state index in [2.05, 4.69) is 41.9 Å². The summed E-state index contributed by atoms with van der Waals surface area (Å²) in [6, 6.07) is 7.25. The summed E-state index contributed by atoms with van der Waals surface area (Å²) in [6.07, 6.45) is 7.07. The number of hydrogen-bond donors (Lipinski definition) is 1. The molecule has 35 heavy (non-hydrogen) atoms. The van der Waals surface area contributed by atoms with Crippen molar-refractivity contribution < 1.29 is 4.79 Å². The standard InChI is InChI=1S/C25H29ClN8O/c1-6-22(34-20(16(2)3)13-32(5)24(34)35)30-23(28-4)31-25(7-8-25)21-14-33(15-29-21)19-10-17(12-27)9-18(26)11-19/h6,9-11,14-16,20H,4,7-8,13H2,1-3,5H3,(H,30,31)/b22-6+/t20-/m1/s1. The molecule has 1 atom stereocenters. The summed E-state index contributed by atoms with van der Waals surface area (Å²) >= 11 is 6.17. The average Bonchev–Trinajstić information content (AvgIpc) is 3.31. The van der Waals surface area contributed by atoms with Gasteiger partial charge in [-0.1, -0.05) is 25.4 Å². The summed E-state index contributed by atoms with van der Waals surface area (Å²) in [5.74, 6) is 1.25. The molecule has 2 amide bonds. The zero-order chi connectivity index (χ0) is 25.3. The number of aromatic nitrogens is 2. The Morgan fingerprint density at radius 3 is 2.74 bits per heavy atom. The van der Waals surface area contributed by atoms with Gasteiger partial charge in [-0.25, -0.2) is 19.8 Å². The van der Waals surface area contributed by atoms with Crippen molar-refractivity contribution in [2.24, 2.45) is 15.9 Å². The van der Waals surface area contributed by atoms with E-state index < -0.39 is 5.54 Å². The number of nitrogens with one attached hydrogen (secondary N) is 1. The highest BCUT2D eigenvalue weighted by atomic mass is 35.5. The number of guanidine groups is 1. The second kappa shape index (κ2) is 9.55. The van der Waals surface area contributed by atoms with Crippen molar-refractivity contribution in [1.29, 1.82) is 5.26 Å². The third-order valence-corrected chi connectivity index (χ3v) is 6.65. The lowest BCUT2D eigenvalue weighted by atomic mass is 10.0. The number of carbonyl (C=O) groups is 1. The highest BCUT2D eigenvalue weighted by Gasteiger charge is 2.47. The van der Waals surface area contributed by atoms with Crippen molar-refractivity contribution in [1.82, 2.24) is 24.7 Å². The van der Waals surface area contributed by atoms with E-state index in [1.807, 2.05) is 23.8 Å². The van der Waals surface area contributed by atoms with Gasteiger partial charge in [0, 0.05) is 30.5 Å². The molecule has 9 nitrogen and oxygen atoms in total. The van der Waals surface area contributed by atoms with Crippen molar-refractivity contribution in [2.45, 2.75) is 45.2 Å². The first-order valence-corrected chi connectivity index (χ1v) is 11.9. The number of imidazole rings is 1. The topological polar surface area (TPSA) is 102 Å². The van der Waals surface area contributed by atoms with Gasteiger partial charge in [-0.05, 0) is 56.7 Å². The number of benzene rings is 1. The summed E-state index contributed by atoms with van der Waals surface area (Å²) in [5, 5.41) is 13.0. The van der Waals surface area contributed by atoms with Gasteiger partial charge in [-0.3, -0.25) is 4.90 Å². The van der Waals surface area contributed by atoms with E-state index in [1.54, 1.807) is 41.4 Å². The van der Waals surface area contributed by atoms with Gasteiger partial charge in [0.1, 0.15) is 11.4 Å². The maximum Gasteiger partial charge on any atom is 0.325 e. The summed E-state index contributed by atoms with van der Waals surface area (Å²) in [6.45, 7) is 10.4. The van der Waals surface area contributed by atoms with E-state index in [0.29, 0.717) is 28.9 Å². The van der Waals surface area contributed by atoms with Crippen molar-refractivity contribution >= 4 is 30.3 Å². The third-order valence-electron chi connectivity index (χ3n) is 6.43. The molecule has 1 saturated carbocycles. The van der Waals surface area contributed by atoms with Crippen LogP contribution in [0.2, 0.25) is 5.02 Å². The molecule has 1 aliphatic carbocycles. The molecule has 1 aliphatic heterocycles. The van der Waals surface area contributed by atoms with Crippen LogP contribution in [-0.2, 0) is 5.54 Å². The number of rotatable bonds is 6. The number of nitriles is 1. The number of amides is 2. The second-order valence-electron chi connectivity index (χ2n) is 9.24. The molecule has 0 radical (unpaired) electrons. The molecular weight excluding hydrogens is 464 g/mol. The Balaban J connectivity index is 1.59. The molecule has 1 saturated heterocycles. The first-order valence-electron chi connectivity index (χ1n) is 11.5. The Hall–Kier alpha value is -3.64. The van der Waals surface area contributed by atoms with E-state index in [1.165, 1.54) is 0 Å². The molecule has 2 aliphatic rings. The zero-order valence-corrected chi connectivity index (χ0v) is 21.1. The van der Waals surface area contributed by atoms with Gasteiger partial charge in [0.05, 0.1) is 29.7 Å². The lowest BCUT2D eigenvalue weighted by molar-refractivity contribution is 0.196. The van der Waals surface area contributed by atoms with E-state index in [9.17, 15) is 10.1 Å². The van der Waals surface area contributed by atoms with Gasteiger partial charge >= 0.3 is 6.03 Å². The number of aliphatic imine (C=N–C) groups is 2. The third kappa shape index (κ3) is 4.80. The number of likely N-dealkylation sites (N-methyl/N-ethyl adjacent to an activating group) is 1. The zero-order valence-electron chi connectivity index (χ0n) is 20.4. The Morgan fingerprint density at radius 1 is 1.40 bits per heavy atom.